The second kappa shape index (κ2) is 9.51. The number of rotatable bonds is 2. The number of halogens is 2. The first-order chi connectivity index (χ1) is 12.7. The third-order valence-electron chi connectivity index (χ3n) is 3.86. The van der Waals surface area contributed by atoms with E-state index in [0.717, 1.165) is 8.95 Å². The molecule has 4 aromatic carbocycles. The zero-order valence-corrected chi connectivity index (χ0v) is 17.3. The fourth-order valence-electron chi connectivity index (χ4n) is 2.60. The topological polar surface area (TPSA) is 0 Å². The molecule has 26 heavy (non-hydrogen) atoms. The summed E-state index contributed by atoms with van der Waals surface area (Å²) < 4.78 is 2.24. The van der Waals surface area contributed by atoms with Crippen LogP contribution in [0.3, 0.4) is 0 Å². The van der Waals surface area contributed by atoms with Crippen LogP contribution < -0.4 is 0 Å². The molecule has 0 fully saturated rings. The lowest BCUT2D eigenvalue weighted by atomic mass is 10.1. The molecule has 0 aliphatic heterocycles. The van der Waals surface area contributed by atoms with E-state index in [4.69, 9.17) is 0 Å². The molecule has 0 spiro atoms. The highest BCUT2D eigenvalue weighted by molar-refractivity contribution is 9.10. The molecule has 128 valence electrons. The summed E-state index contributed by atoms with van der Waals surface area (Å²) in [5.74, 6) is 0. The van der Waals surface area contributed by atoms with Crippen LogP contribution in [0, 0.1) is 0 Å². The molecule has 2 heteroatoms. The molecular formula is C24H18Br2. The van der Waals surface area contributed by atoms with E-state index >= 15 is 0 Å². The first kappa shape index (κ1) is 18.6. The van der Waals surface area contributed by atoms with Crippen LogP contribution >= 0.6 is 31.9 Å². The van der Waals surface area contributed by atoms with Crippen molar-refractivity contribution in [3.05, 3.63) is 118 Å². The molecule has 0 aromatic heterocycles. The van der Waals surface area contributed by atoms with Gasteiger partial charge in [0.1, 0.15) is 0 Å². The minimum absolute atomic E-state index is 1.12. The van der Waals surface area contributed by atoms with Crippen molar-refractivity contribution in [3.8, 4) is 22.3 Å². The van der Waals surface area contributed by atoms with Crippen LogP contribution in [-0.4, -0.2) is 0 Å². The smallest absolute Gasteiger partial charge is 0.0181 e. The zero-order chi connectivity index (χ0) is 18.2. The van der Waals surface area contributed by atoms with Gasteiger partial charge >= 0.3 is 0 Å². The summed E-state index contributed by atoms with van der Waals surface area (Å²) in [7, 11) is 0. The Bertz CT molecular complexity index is 867. The highest BCUT2D eigenvalue weighted by Crippen LogP contribution is 2.23. The SMILES string of the molecule is Brc1cccc(-c2ccccc2)c1.Brc1cccc(-c2ccccc2)c1. The van der Waals surface area contributed by atoms with Crippen LogP contribution in [0.5, 0.6) is 0 Å². The van der Waals surface area contributed by atoms with Crippen molar-refractivity contribution in [2.24, 2.45) is 0 Å². The van der Waals surface area contributed by atoms with Gasteiger partial charge < -0.3 is 0 Å². The predicted molar refractivity (Wildman–Crippen MR) is 119 cm³/mol. The summed E-state index contributed by atoms with van der Waals surface area (Å²) in [5.41, 5.74) is 5.00. The number of hydrogen-bond donors (Lipinski definition) is 0. The van der Waals surface area contributed by atoms with E-state index in [2.05, 4.69) is 105 Å². The van der Waals surface area contributed by atoms with E-state index in [-0.39, 0.29) is 0 Å². The zero-order valence-electron chi connectivity index (χ0n) is 14.1. The van der Waals surface area contributed by atoms with Gasteiger partial charge in [-0.1, -0.05) is 117 Å². The molecule has 0 nitrogen and oxygen atoms in total. The molecular weight excluding hydrogens is 448 g/mol. The molecule has 0 saturated carbocycles. The first-order valence-electron chi connectivity index (χ1n) is 8.34. The Balaban J connectivity index is 0.000000151. The Labute approximate surface area is 171 Å². The molecule has 4 aromatic rings. The lowest BCUT2D eigenvalue weighted by Crippen LogP contribution is -1.75. The maximum Gasteiger partial charge on any atom is 0.0181 e. The molecule has 0 aliphatic rings. The summed E-state index contributed by atoms with van der Waals surface area (Å²) in [5, 5.41) is 0. The van der Waals surface area contributed by atoms with Crippen molar-refractivity contribution >= 4 is 31.9 Å². The van der Waals surface area contributed by atoms with Gasteiger partial charge in [0.2, 0.25) is 0 Å². The van der Waals surface area contributed by atoms with Crippen LogP contribution in [0.15, 0.2) is 118 Å². The van der Waals surface area contributed by atoms with Gasteiger partial charge in [-0.25, -0.2) is 0 Å². The molecule has 0 heterocycles. The largest absolute Gasteiger partial charge is 0.0622 e. The van der Waals surface area contributed by atoms with Crippen molar-refractivity contribution in [2.45, 2.75) is 0 Å². The maximum atomic E-state index is 3.46. The van der Waals surface area contributed by atoms with E-state index in [9.17, 15) is 0 Å². The van der Waals surface area contributed by atoms with Crippen molar-refractivity contribution in [3.63, 3.8) is 0 Å². The van der Waals surface area contributed by atoms with E-state index in [1.165, 1.54) is 22.3 Å². The Morgan fingerprint density at radius 2 is 0.692 bits per heavy atom. The molecule has 0 amide bonds. The average Bonchev–Trinajstić information content (AvgIpc) is 2.70. The first-order valence-corrected chi connectivity index (χ1v) is 9.93. The second-order valence-electron chi connectivity index (χ2n) is 5.75. The fraction of sp³-hybridized carbons (Fsp3) is 0. The molecule has 0 radical (unpaired) electrons. The summed E-state index contributed by atoms with van der Waals surface area (Å²) >= 11 is 6.92. The predicted octanol–water partition coefficient (Wildman–Crippen LogP) is 8.23. The Morgan fingerprint density at radius 3 is 1.04 bits per heavy atom. The quantitative estimate of drug-likeness (QED) is 0.279. The van der Waals surface area contributed by atoms with Crippen LogP contribution in [-0.2, 0) is 0 Å². The van der Waals surface area contributed by atoms with Crippen molar-refractivity contribution in [1.82, 2.24) is 0 Å². The van der Waals surface area contributed by atoms with Crippen LogP contribution in [0.2, 0.25) is 0 Å². The highest BCUT2D eigenvalue weighted by atomic mass is 79.9. The Morgan fingerprint density at radius 1 is 0.346 bits per heavy atom. The average molecular weight is 466 g/mol. The summed E-state index contributed by atoms with van der Waals surface area (Å²) in [6.07, 6.45) is 0. The third kappa shape index (κ3) is 5.42. The summed E-state index contributed by atoms with van der Waals surface area (Å²) in [6.45, 7) is 0. The minimum Gasteiger partial charge on any atom is -0.0622 e. The number of hydrogen-bond acceptors (Lipinski definition) is 0. The Kier molecular flexibility index (Phi) is 6.82. The van der Waals surface area contributed by atoms with Gasteiger partial charge in [-0.3, -0.25) is 0 Å². The second-order valence-corrected chi connectivity index (χ2v) is 7.58. The van der Waals surface area contributed by atoms with Crippen LogP contribution in [0.1, 0.15) is 0 Å². The van der Waals surface area contributed by atoms with Gasteiger partial charge in [0.25, 0.3) is 0 Å². The van der Waals surface area contributed by atoms with Crippen LogP contribution in [0.4, 0.5) is 0 Å². The van der Waals surface area contributed by atoms with E-state index < -0.39 is 0 Å². The molecule has 0 aliphatic carbocycles. The summed E-state index contributed by atoms with van der Waals surface area (Å²) in [4.78, 5) is 0. The lowest BCUT2D eigenvalue weighted by Gasteiger charge is -2.00. The van der Waals surface area contributed by atoms with Gasteiger partial charge in [0.15, 0.2) is 0 Å². The van der Waals surface area contributed by atoms with Crippen LogP contribution in [0.25, 0.3) is 22.3 Å². The minimum atomic E-state index is 1.12. The molecule has 0 bridgehead atoms. The van der Waals surface area contributed by atoms with Crippen molar-refractivity contribution in [1.29, 1.82) is 0 Å². The monoisotopic (exact) mass is 464 g/mol. The normalized spacial score (nSPS) is 9.92. The number of benzene rings is 4. The van der Waals surface area contributed by atoms with Gasteiger partial charge in [0.05, 0.1) is 0 Å². The molecule has 0 atom stereocenters. The van der Waals surface area contributed by atoms with E-state index in [1.807, 2.05) is 36.4 Å². The van der Waals surface area contributed by atoms with Gasteiger partial charge in [-0.15, -0.1) is 0 Å². The highest BCUT2D eigenvalue weighted by Gasteiger charge is 1.96. The molecule has 0 unspecified atom stereocenters. The Hall–Kier alpha value is -2.16. The molecule has 0 saturated heterocycles. The molecule has 4 rings (SSSR count). The fourth-order valence-corrected chi connectivity index (χ4v) is 3.40. The van der Waals surface area contributed by atoms with E-state index in [1.54, 1.807) is 0 Å². The van der Waals surface area contributed by atoms with Gasteiger partial charge in [-0.2, -0.15) is 0 Å². The van der Waals surface area contributed by atoms with Gasteiger partial charge in [0, 0.05) is 8.95 Å². The van der Waals surface area contributed by atoms with Crippen molar-refractivity contribution in [2.75, 3.05) is 0 Å². The van der Waals surface area contributed by atoms with E-state index in [0.29, 0.717) is 0 Å². The standard InChI is InChI=1S/2C12H9Br/c2*13-12-8-4-7-11(9-12)10-5-2-1-3-6-10/h2*1-9H. The molecule has 0 N–H and O–H groups in total. The maximum absolute atomic E-state index is 3.46. The lowest BCUT2D eigenvalue weighted by molar-refractivity contribution is 1.59. The summed E-state index contributed by atoms with van der Waals surface area (Å²) in [6, 6.07) is 37.3. The van der Waals surface area contributed by atoms with Crippen molar-refractivity contribution < 1.29 is 0 Å². The van der Waals surface area contributed by atoms with Gasteiger partial charge in [-0.05, 0) is 46.5 Å². The third-order valence-corrected chi connectivity index (χ3v) is 4.85.